The van der Waals surface area contributed by atoms with E-state index < -0.39 is 6.29 Å². The highest BCUT2D eigenvalue weighted by molar-refractivity contribution is 7.13. The molecule has 0 aliphatic carbocycles. The molecule has 0 saturated heterocycles. The molecule has 1 unspecified atom stereocenters. The van der Waals surface area contributed by atoms with Crippen LogP contribution in [0.4, 0.5) is 10.8 Å². The lowest BCUT2D eigenvalue weighted by Gasteiger charge is -2.23. The summed E-state index contributed by atoms with van der Waals surface area (Å²) >= 11 is 7.60. The summed E-state index contributed by atoms with van der Waals surface area (Å²) in [6.45, 7) is 2.04. The minimum atomic E-state index is -1.10. The molecule has 3 aromatic rings. The molecule has 1 aliphatic rings. The molecule has 4 rings (SSSR count). The molecule has 0 spiro atoms. The van der Waals surface area contributed by atoms with Crippen LogP contribution in [0.5, 0.6) is 5.75 Å². The van der Waals surface area contributed by atoms with Gasteiger partial charge < -0.3 is 15.2 Å². The van der Waals surface area contributed by atoms with Gasteiger partial charge in [0.2, 0.25) is 6.29 Å². The number of para-hydroxylation sites is 2. The summed E-state index contributed by atoms with van der Waals surface area (Å²) in [5, 5.41) is 16.8. The van der Waals surface area contributed by atoms with Gasteiger partial charge in [-0.1, -0.05) is 41.9 Å². The zero-order chi connectivity index (χ0) is 17.4. The van der Waals surface area contributed by atoms with Gasteiger partial charge in [-0.05, 0) is 30.7 Å². The number of hydrogen-bond acceptors (Lipinski definition) is 5. The van der Waals surface area contributed by atoms with Crippen LogP contribution >= 0.6 is 22.9 Å². The summed E-state index contributed by atoms with van der Waals surface area (Å²) < 4.78 is 5.58. The molecular weight excluding hydrogens is 356 g/mol. The molecule has 6 heteroatoms. The van der Waals surface area contributed by atoms with Crippen LogP contribution in [0.1, 0.15) is 16.8 Å². The minimum Gasteiger partial charge on any atom is -0.459 e. The lowest BCUT2D eigenvalue weighted by atomic mass is 10.0. The number of anilines is 2. The van der Waals surface area contributed by atoms with Gasteiger partial charge in [0.05, 0.1) is 10.7 Å². The Bertz CT molecular complexity index is 968. The van der Waals surface area contributed by atoms with Gasteiger partial charge in [0.25, 0.3) is 0 Å². The summed E-state index contributed by atoms with van der Waals surface area (Å²) in [6, 6.07) is 13.5. The van der Waals surface area contributed by atoms with E-state index in [0.29, 0.717) is 22.0 Å². The van der Waals surface area contributed by atoms with E-state index in [2.05, 4.69) is 10.3 Å². The smallest absolute Gasteiger partial charge is 0.226 e. The van der Waals surface area contributed by atoms with Crippen molar-refractivity contribution in [2.24, 2.45) is 0 Å². The summed E-state index contributed by atoms with van der Waals surface area (Å²) in [5.41, 5.74) is 4.27. The number of rotatable bonds is 3. The third-order valence-corrected chi connectivity index (χ3v) is 5.05. The van der Waals surface area contributed by atoms with Gasteiger partial charge in [0.1, 0.15) is 5.75 Å². The Morgan fingerprint density at radius 1 is 1.20 bits per heavy atom. The second-order valence-corrected chi connectivity index (χ2v) is 6.97. The highest BCUT2D eigenvalue weighted by Gasteiger charge is 2.25. The number of nitrogens with one attached hydrogen (secondary N) is 1. The second-order valence-electron chi connectivity index (χ2n) is 5.71. The Hall–Kier alpha value is -2.34. The van der Waals surface area contributed by atoms with Crippen molar-refractivity contribution in [1.29, 1.82) is 0 Å². The molecule has 0 amide bonds. The fraction of sp³-hybridized carbons (Fsp3) is 0.105. The molecule has 2 N–H and O–H groups in total. The molecule has 0 radical (unpaired) electrons. The number of halogens is 1. The number of aryl methyl sites for hydroxylation is 1. The predicted molar refractivity (Wildman–Crippen MR) is 103 cm³/mol. The normalized spacial score (nSPS) is 16.0. The van der Waals surface area contributed by atoms with Gasteiger partial charge in [-0.3, -0.25) is 0 Å². The van der Waals surface area contributed by atoms with Crippen molar-refractivity contribution in [3.05, 3.63) is 69.7 Å². The van der Waals surface area contributed by atoms with Gasteiger partial charge >= 0.3 is 0 Å². The number of benzene rings is 2. The zero-order valence-corrected chi connectivity index (χ0v) is 14.9. The highest BCUT2D eigenvalue weighted by atomic mass is 35.5. The van der Waals surface area contributed by atoms with Crippen LogP contribution in [0.25, 0.3) is 11.6 Å². The van der Waals surface area contributed by atoms with Crippen LogP contribution in [-0.4, -0.2) is 16.4 Å². The fourth-order valence-electron chi connectivity index (χ4n) is 2.67. The van der Waals surface area contributed by atoms with E-state index in [9.17, 15) is 5.11 Å². The molecule has 25 heavy (non-hydrogen) atoms. The van der Waals surface area contributed by atoms with Gasteiger partial charge in [-0.2, -0.15) is 0 Å². The van der Waals surface area contributed by atoms with Crippen molar-refractivity contribution in [1.82, 2.24) is 4.98 Å². The van der Waals surface area contributed by atoms with Crippen LogP contribution in [0.3, 0.4) is 0 Å². The van der Waals surface area contributed by atoms with E-state index in [1.807, 2.05) is 54.8 Å². The largest absolute Gasteiger partial charge is 0.459 e. The van der Waals surface area contributed by atoms with Gasteiger partial charge in [0.15, 0.2) is 5.13 Å². The molecule has 0 bridgehead atoms. The third kappa shape index (κ3) is 3.14. The van der Waals surface area contributed by atoms with E-state index in [1.54, 1.807) is 6.07 Å². The van der Waals surface area contributed by atoms with Crippen LogP contribution in [-0.2, 0) is 0 Å². The van der Waals surface area contributed by atoms with Crippen LogP contribution in [0.15, 0.2) is 47.8 Å². The average molecular weight is 371 g/mol. The van der Waals surface area contributed by atoms with Crippen molar-refractivity contribution in [2.45, 2.75) is 13.2 Å². The first kappa shape index (κ1) is 16.1. The quantitative estimate of drug-likeness (QED) is 0.673. The first-order valence-electron chi connectivity index (χ1n) is 7.75. The first-order chi connectivity index (χ1) is 12.1. The summed E-state index contributed by atoms with van der Waals surface area (Å²) in [6.07, 6.45) is 0.767. The third-order valence-electron chi connectivity index (χ3n) is 3.99. The Kier molecular flexibility index (Phi) is 4.21. The number of thiazole rings is 1. The number of aliphatic hydroxyl groups is 1. The number of fused-ring (bicyclic) bond motifs is 1. The zero-order valence-electron chi connectivity index (χ0n) is 13.4. The van der Waals surface area contributed by atoms with Gasteiger partial charge in [0, 0.05) is 22.2 Å². The van der Waals surface area contributed by atoms with Crippen molar-refractivity contribution in [2.75, 3.05) is 5.32 Å². The van der Waals surface area contributed by atoms with E-state index >= 15 is 0 Å². The average Bonchev–Trinajstić information content (AvgIpc) is 3.06. The molecule has 1 aromatic heterocycles. The maximum Gasteiger partial charge on any atom is 0.226 e. The first-order valence-corrected chi connectivity index (χ1v) is 9.01. The second kappa shape index (κ2) is 6.52. The topological polar surface area (TPSA) is 54.4 Å². The maximum atomic E-state index is 10.3. The number of hydrogen-bond donors (Lipinski definition) is 2. The van der Waals surface area contributed by atoms with Crippen molar-refractivity contribution >= 4 is 45.4 Å². The number of nitrogens with zero attached hydrogens (tertiary/aromatic N) is 1. The SMILES string of the molecule is Cc1ccccc1Nc1nc(C2=Cc3cccc(Cl)c3OC2O)cs1. The summed E-state index contributed by atoms with van der Waals surface area (Å²) in [4.78, 5) is 4.58. The predicted octanol–water partition coefficient (Wildman–Crippen LogP) is 5.10. The van der Waals surface area contributed by atoms with Crippen LogP contribution in [0, 0.1) is 6.92 Å². The maximum absolute atomic E-state index is 10.3. The Morgan fingerprint density at radius 3 is 2.88 bits per heavy atom. The molecule has 1 atom stereocenters. The monoisotopic (exact) mass is 370 g/mol. The minimum absolute atomic E-state index is 0.479. The van der Waals surface area contributed by atoms with Crippen LogP contribution in [0.2, 0.25) is 5.02 Å². The number of aliphatic hydroxyl groups excluding tert-OH is 1. The van der Waals surface area contributed by atoms with E-state index in [4.69, 9.17) is 16.3 Å². The molecule has 2 heterocycles. The molecule has 4 nitrogen and oxygen atoms in total. The van der Waals surface area contributed by atoms with E-state index in [1.165, 1.54) is 11.3 Å². The van der Waals surface area contributed by atoms with Crippen molar-refractivity contribution < 1.29 is 9.84 Å². The summed E-state index contributed by atoms with van der Waals surface area (Å²) in [5.74, 6) is 0.494. The molecule has 0 saturated carbocycles. The molecule has 2 aromatic carbocycles. The number of ether oxygens (including phenoxy) is 1. The molecular formula is C19H15ClN2O2S. The van der Waals surface area contributed by atoms with E-state index in [-0.39, 0.29) is 0 Å². The fourth-order valence-corrected chi connectivity index (χ4v) is 3.63. The highest BCUT2D eigenvalue weighted by Crippen LogP contribution is 2.38. The lowest BCUT2D eigenvalue weighted by Crippen LogP contribution is -2.21. The molecule has 126 valence electrons. The molecule has 0 fully saturated rings. The summed E-state index contributed by atoms with van der Waals surface area (Å²) in [7, 11) is 0. The Morgan fingerprint density at radius 2 is 2.04 bits per heavy atom. The Balaban J connectivity index is 1.65. The Labute approximate surface area is 154 Å². The van der Waals surface area contributed by atoms with Crippen molar-refractivity contribution in [3.8, 4) is 5.75 Å². The van der Waals surface area contributed by atoms with Crippen molar-refractivity contribution in [3.63, 3.8) is 0 Å². The standard InChI is InChI=1S/C19H15ClN2O2S/c1-11-5-2-3-8-15(11)21-19-22-16(10-25-19)13-9-12-6-4-7-14(20)17(12)24-18(13)23/h2-10,18,23H,1H3,(H,21,22). The molecule has 1 aliphatic heterocycles. The van der Waals surface area contributed by atoms with Crippen LogP contribution < -0.4 is 10.1 Å². The van der Waals surface area contributed by atoms with E-state index in [0.717, 1.165) is 21.9 Å². The van der Waals surface area contributed by atoms with Gasteiger partial charge in [-0.25, -0.2) is 4.98 Å². The van der Waals surface area contributed by atoms with Gasteiger partial charge in [-0.15, -0.1) is 11.3 Å². The lowest BCUT2D eigenvalue weighted by molar-refractivity contribution is 0.0319. The number of aromatic nitrogens is 1.